The van der Waals surface area contributed by atoms with Gasteiger partial charge >= 0.3 is 0 Å². The minimum absolute atomic E-state index is 0.0819. The maximum atomic E-state index is 13.5. The number of pyridine rings is 1. The Bertz CT molecular complexity index is 1050. The molecule has 1 aliphatic rings. The topological polar surface area (TPSA) is 45.7 Å². The Labute approximate surface area is 184 Å². The fraction of sp³-hybridized carbons (Fsp3) is 0.308. The van der Waals surface area contributed by atoms with E-state index in [-0.39, 0.29) is 5.91 Å². The number of likely N-dealkylation sites (N-methyl/N-ethyl adjacent to an activating group) is 1. The highest BCUT2D eigenvalue weighted by atomic mass is 16.5. The van der Waals surface area contributed by atoms with Crippen molar-refractivity contribution >= 4 is 5.91 Å². The quantitative estimate of drug-likeness (QED) is 0.601. The molecule has 5 heteroatoms. The third-order valence-corrected chi connectivity index (χ3v) is 6.13. The van der Waals surface area contributed by atoms with Gasteiger partial charge in [0, 0.05) is 32.4 Å². The summed E-state index contributed by atoms with van der Waals surface area (Å²) >= 11 is 0. The molecule has 1 atom stereocenters. The Morgan fingerprint density at radius 1 is 1.03 bits per heavy atom. The summed E-state index contributed by atoms with van der Waals surface area (Å²) in [4.78, 5) is 22.2. The first-order valence-corrected chi connectivity index (χ1v) is 10.7. The van der Waals surface area contributed by atoms with Gasteiger partial charge in [-0.3, -0.25) is 14.7 Å². The Kier molecular flexibility index (Phi) is 6.05. The van der Waals surface area contributed by atoms with Crippen LogP contribution in [0.1, 0.15) is 24.1 Å². The van der Waals surface area contributed by atoms with Crippen molar-refractivity contribution in [2.75, 3.05) is 27.7 Å². The van der Waals surface area contributed by atoms with E-state index in [1.54, 1.807) is 18.2 Å². The molecule has 0 bridgehead atoms. The standard InChI is InChI=1S/C26H29N3O2/c1-28(2)25(30)26(24-15-8-9-17-27-24)16-10-18-29(26)19-20-11-4-5-12-21(20)22-13-6-7-14-23(22)31-3/h4-9,11-15,17H,10,16,18-19H2,1-3H3. The summed E-state index contributed by atoms with van der Waals surface area (Å²) in [5.41, 5.74) is 3.42. The molecule has 1 amide bonds. The number of hydrogen-bond acceptors (Lipinski definition) is 4. The van der Waals surface area contributed by atoms with Gasteiger partial charge in [0.1, 0.15) is 11.3 Å². The predicted octanol–water partition coefficient (Wildman–Crippen LogP) is 4.34. The van der Waals surface area contributed by atoms with Crippen molar-refractivity contribution in [2.45, 2.75) is 24.9 Å². The number of hydrogen-bond donors (Lipinski definition) is 0. The van der Waals surface area contributed by atoms with E-state index in [1.807, 2.05) is 56.6 Å². The van der Waals surface area contributed by atoms with E-state index in [0.29, 0.717) is 6.54 Å². The summed E-state index contributed by atoms with van der Waals surface area (Å²) in [6.07, 6.45) is 3.49. The van der Waals surface area contributed by atoms with Crippen molar-refractivity contribution in [1.29, 1.82) is 0 Å². The van der Waals surface area contributed by atoms with E-state index < -0.39 is 5.54 Å². The summed E-state index contributed by atoms with van der Waals surface area (Å²) in [7, 11) is 5.35. The van der Waals surface area contributed by atoms with Crippen LogP contribution in [0.25, 0.3) is 11.1 Å². The number of aromatic nitrogens is 1. The third kappa shape index (κ3) is 3.81. The molecule has 0 saturated carbocycles. The van der Waals surface area contributed by atoms with Gasteiger partial charge in [-0.05, 0) is 48.7 Å². The number of methoxy groups -OCH3 is 1. The summed E-state index contributed by atoms with van der Waals surface area (Å²) in [5.74, 6) is 0.926. The summed E-state index contributed by atoms with van der Waals surface area (Å²) in [5, 5.41) is 0. The molecule has 2 heterocycles. The zero-order valence-corrected chi connectivity index (χ0v) is 18.4. The molecule has 160 valence electrons. The second-order valence-corrected chi connectivity index (χ2v) is 8.16. The maximum Gasteiger partial charge on any atom is 0.248 e. The fourth-order valence-electron chi connectivity index (χ4n) is 4.70. The van der Waals surface area contributed by atoms with Crippen LogP contribution in [0, 0.1) is 0 Å². The molecule has 1 fully saturated rings. The lowest BCUT2D eigenvalue weighted by atomic mass is 9.88. The second-order valence-electron chi connectivity index (χ2n) is 8.16. The second kappa shape index (κ2) is 8.90. The number of amides is 1. The van der Waals surface area contributed by atoms with Crippen LogP contribution in [0.3, 0.4) is 0 Å². The van der Waals surface area contributed by atoms with Gasteiger partial charge in [0.25, 0.3) is 0 Å². The van der Waals surface area contributed by atoms with Crippen LogP contribution in [-0.2, 0) is 16.9 Å². The Morgan fingerprint density at radius 2 is 1.74 bits per heavy atom. The van der Waals surface area contributed by atoms with Crippen LogP contribution >= 0.6 is 0 Å². The number of likely N-dealkylation sites (tertiary alicyclic amines) is 1. The van der Waals surface area contributed by atoms with Crippen LogP contribution in [0.15, 0.2) is 72.9 Å². The van der Waals surface area contributed by atoms with Crippen molar-refractivity contribution in [3.05, 3.63) is 84.2 Å². The number of carbonyl (C=O) groups is 1. The number of carbonyl (C=O) groups excluding carboxylic acids is 1. The largest absolute Gasteiger partial charge is 0.496 e. The number of rotatable bonds is 6. The first-order valence-electron chi connectivity index (χ1n) is 10.7. The first-order chi connectivity index (χ1) is 15.1. The molecule has 0 aliphatic carbocycles. The molecule has 0 spiro atoms. The van der Waals surface area contributed by atoms with Crippen LogP contribution in [-0.4, -0.2) is 48.4 Å². The van der Waals surface area contributed by atoms with Crippen molar-refractivity contribution in [2.24, 2.45) is 0 Å². The maximum absolute atomic E-state index is 13.5. The number of benzene rings is 2. The number of ether oxygens (including phenoxy) is 1. The summed E-state index contributed by atoms with van der Waals surface area (Å²) < 4.78 is 5.62. The average molecular weight is 416 g/mol. The van der Waals surface area contributed by atoms with Gasteiger partial charge in [-0.2, -0.15) is 0 Å². The van der Waals surface area contributed by atoms with E-state index in [1.165, 1.54) is 5.56 Å². The molecule has 0 radical (unpaired) electrons. The van der Waals surface area contributed by atoms with Crippen LogP contribution < -0.4 is 4.74 Å². The number of para-hydroxylation sites is 1. The normalized spacial score (nSPS) is 18.7. The highest BCUT2D eigenvalue weighted by Gasteiger charge is 2.50. The third-order valence-electron chi connectivity index (χ3n) is 6.13. The summed E-state index contributed by atoms with van der Waals surface area (Å²) in [6.45, 7) is 1.50. The average Bonchev–Trinajstić information content (AvgIpc) is 3.23. The minimum Gasteiger partial charge on any atom is -0.496 e. The van der Waals surface area contributed by atoms with Gasteiger partial charge in [0.05, 0.1) is 12.8 Å². The van der Waals surface area contributed by atoms with Gasteiger partial charge in [0.2, 0.25) is 5.91 Å². The van der Waals surface area contributed by atoms with Crippen LogP contribution in [0.4, 0.5) is 0 Å². The zero-order chi connectivity index (χ0) is 21.8. The Hall–Kier alpha value is -3.18. The molecular formula is C26H29N3O2. The smallest absolute Gasteiger partial charge is 0.248 e. The van der Waals surface area contributed by atoms with E-state index in [4.69, 9.17) is 4.74 Å². The lowest BCUT2D eigenvalue weighted by Gasteiger charge is -2.38. The van der Waals surface area contributed by atoms with E-state index in [0.717, 1.165) is 42.0 Å². The first kappa shape index (κ1) is 21.1. The Balaban J connectivity index is 1.78. The zero-order valence-electron chi connectivity index (χ0n) is 18.4. The highest BCUT2D eigenvalue weighted by Crippen LogP contribution is 2.42. The van der Waals surface area contributed by atoms with Gasteiger partial charge < -0.3 is 9.64 Å². The molecule has 1 unspecified atom stereocenters. The van der Waals surface area contributed by atoms with E-state index in [2.05, 4.69) is 34.1 Å². The monoisotopic (exact) mass is 415 g/mol. The molecule has 2 aromatic carbocycles. The van der Waals surface area contributed by atoms with Gasteiger partial charge in [-0.25, -0.2) is 0 Å². The SMILES string of the molecule is COc1ccccc1-c1ccccc1CN1CCCC1(C(=O)N(C)C)c1ccccn1. The van der Waals surface area contributed by atoms with Gasteiger partial charge in [0.15, 0.2) is 0 Å². The van der Waals surface area contributed by atoms with Crippen molar-refractivity contribution < 1.29 is 9.53 Å². The molecular weight excluding hydrogens is 386 g/mol. The molecule has 1 aromatic heterocycles. The highest BCUT2D eigenvalue weighted by molar-refractivity contribution is 5.87. The van der Waals surface area contributed by atoms with Crippen molar-refractivity contribution in [3.8, 4) is 16.9 Å². The molecule has 1 aliphatic heterocycles. The van der Waals surface area contributed by atoms with Gasteiger partial charge in [-0.15, -0.1) is 0 Å². The molecule has 1 saturated heterocycles. The Morgan fingerprint density at radius 3 is 2.45 bits per heavy atom. The predicted molar refractivity (Wildman–Crippen MR) is 123 cm³/mol. The number of nitrogens with zero attached hydrogens (tertiary/aromatic N) is 3. The fourth-order valence-corrected chi connectivity index (χ4v) is 4.70. The van der Waals surface area contributed by atoms with Crippen molar-refractivity contribution in [1.82, 2.24) is 14.8 Å². The van der Waals surface area contributed by atoms with E-state index >= 15 is 0 Å². The molecule has 4 rings (SSSR count). The summed E-state index contributed by atoms with van der Waals surface area (Å²) in [6, 6.07) is 22.3. The lowest BCUT2D eigenvalue weighted by Crippen LogP contribution is -2.52. The molecule has 31 heavy (non-hydrogen) atoms. The molecule has 5 nitrogen and oxygen atoms in total. The molecule has 0 N–H and O–H groups in total. The van der Waals surface area contributed by atoms with E-state index in [9.17, 15) is 4.79 Å². The minimum atomic E-state index is -0.751. The lowest BCUT2D eigenvalue weighted by molar-refractivity contribution is -0.141. The molecule has 3 aromatic rings. The van der Waals surface area contributed by atoms with Crippen LogP contribution in [0.5, 0.6) is 5.75 Å². The van der Waals surface area contributed by atoms with Crippen molar-refractivity contribution in [3.63, 3.8) is 0 Å². The van der Waals surface area contributed by atoms with Gasteiger partial charge in [-0.1, -0.05) is 48.5 Å². The van der Waals surface area contributed by atoms with Crippen LogP contribution in [0.2, 0.25) is 0 Å².